The molecule has 0 unspecified atom stereocenters. The molecule has 0 spiro atoms. The number of benzene rings is 2. The molecule has 0 bridgehead atoms. The Bertz CT molecular complexity index is 697. The van der Waals surface area contributed by atoms with Crippen LogP contribution in [0.5, 0.6) is 0 Å². The normalized spacial score (nSPS) is 14.2. The summed E-state index contributed by atoms with van der Waals surface area (Å²) in [4.78, 5) is 14.4. The van der Waals surface area contributed by atoms with Gasteiger partial charge in [0.2, 0.25) is 0 Å². The van der Waals surface area contributed by atoms with E-state index in [1.807, 2.05) is 29.2 Å². The molecule has 2 aromatic carbocycles. The van der Waals surface area contributed by atoms with E-state index in [1.165, 1.54) is 0 Å². The summed E-state index contributed by atoms with van der Waals surface area (Å²) in [5.41, 5.74) is 2.71. The lowest BCUT2D eigenvalue weighted by Crippen LogP contribution is -2.37. The van der Waals surface area contributed by atoms with Gasteiger partial charge in [-0.3, -0.25) is 4.79 Å². The fraction of sp³-hybridized carbons (Fsp3) is 0.188. The van der Waals surface area contributed by atoms with Crippen LogP contribution in [0.15, 0.2) is 36.4 Å². The van der Waals surface area contributed by atoms with E-state index in [0.717, 1.165) is 26.7 Å². The van der Waals surface area contributed by atoms with E-state index >= 15 is 0 Å². The monoisotopic (exact) mass is 431 g/mol. The van der Waals surface area contributed by atoms with E-state index in [0.29, 0.717) is 23.1 Å². The van der Waals surface area contributed by atoms with Crippen molar-refractivity contribution < 1.29 is 4.79 Å². The van der Waals surface area contributed by atoms with Crippen LogP contribution in [-0.2, 0) is 13.0 Å². The molecular formula is C16H12Cl2INO. The van der Waals surface area contributed by atoms with Crippen molar-refractivity contribution in [1.82, 2.24) is 4.90 Å². The largest absolute Gasteiger partial charge is 0.334 e. The van der Waals surface area contributed by atoms with Gasteiger partial charge in [0, 0.05) is 37.8 Å². The molecule has 1 aliphatic heterocycles. The lowest BCUT2D eigenvalue weighted by Gasteiger charge is -2.29. The Hall–Kier alpha value is -0.780. The van der Waals surface area contributed by atoms with Crippen molar-refractivity contribution in [2.75, 3.05) is 6.54 Å². The molecule has 0 radical (unpaired) electrons. The molecule has 1 heterocycles. The molecular weight excluding hydrogens is 420 g/mol. The first kappa shape index (κ1) is 15.1. The van der Waals surface area contributed by atoms with Crippen molar-refractivity contribution in [3.05, 3.63) is 66.7 Å². The zero-order valence-electron chi connectivity index (χ0n) is 11.1. The number of carbonyl (C=O) groups excluding carboxylic acids is 1. The molecule has 0 N–H and O–H groups in total. The van der Waals surface area contributed by atoms with Gasteiger partial charge in [0.25, 0.3) is 5.91 Å². The van der Waals surface area contributed by atoms with Crippen LogP contribution in [0.2, 0.25) is 10.0 Å². The van der Waals surface area contributed by atoms with Gasteiger partial charge < -0.3 is 4.90 Å². The van der Waals surface area contributed by atoms with Gasteiger partial charge in [-0.15, -0.1) is 0 Å². The molecule has 0 saturated carbocycles. The van der Waals surface area contributed by atoms with Gasteiger partial charge >= 0.3 is 0 Å². The number of halogens is 3. The van der Waals surface area contributed by atoms with Crippen LogP contribution in [0.25, 0.3) is 0 Å². The van der Waals surface area contributed by atoms with Crippen LogP contribution in [-0.4, -0.2) is 17.4 Å². The molecule has 0 fully saturated rings. The third-order valence-electron chi connectivity index (χ3n) is 3.65. The third-order valence-corrected chi connectivity index (χ3v) is 5.03. The van der Waals surface area contributed by atoms with E-state index in [2.05, 4.69) is 22.6 Å². The topological polar surface area (TPSA) is 20.3 Å². The van der Waals surface area contributed by atoms with Crippen LogP contribution in [0.4, 0.5) is 0 Å². The van der Waals surface area contributed by atoms with Crippen molar-refractivity contribution >= 4 is 51.7 Å². The molecule has 0 aromatic heterocycles. The number of fused-ring (bicyclic) bond motifs is 1. The standard InChI is InChI=1S/C16H12Cl2INO/c17-14-2-1-3-15(18)13(14)9-20-7-6-10-4-5-11(19)8-12(10)16(20)21/h1-5,8H,6-7,9H2. The molecule has 1 aliphatic rings. The second-order valence-electron chi connectivity index (χ2n) is 4.98. The van der Waals surface area contributed by atoms with E-state index in [9.17, 15) is 4.79 Å². The van der Waals surface area contributed by atoms with Gasteiger partial charge in [0.05, 0.1) is 0 Å². The predicted molar refractivity (Wildman–Crippen MR) is 94.1 cm³/mol. The molecule has 0 atom stereocenters. The maximum absolute atomic E-state index is 12.6. The Labute approximate surface area is 147 Å². The van der Waals surface area contributed by atoms with Crippen molar-refractivity contribution in [3.63, 3.8) is 0 Å². The summed E-state index contributed by atoms with van der Waals surface area (Å²) in [5.74, 6) is 0.0470. The minimum absolute atomic E-state index is 0.0470. The quantitative estimate of drug-likeness (QED) is 0.625. The van der Waals surface area contributed by atoms with E-state index in [-0.39, 0.29) is 5.91 Å². The SMILES string of the molecule is O=C1c2cc(I)ccc2CCN1Cc1c(Cl)cccc1Cl. The van der Waals surface area contributed by atoms with Gasteiger partial charge in [0.15, 0.2) is 0 Å². The van der Waals surface area contributed by atoms with Gasteiger partial charge in [-0.2, -0.15) is 0 Å². The molecule has 108 valence electrons. The second kappa shape index (κ2) is 6.15. The van der Waals surface area contributed by atoms with Crippen LogP contribution < -0.4 is 0 Å². The molecule has 5 heteroatoms. The fourth-order valence-electron chi connectivity index (χ4n) is 2.52. The number of carbonyl (C=O) groups is 1. The minimum atomic E-state index is 0.0470. The highest BCUT2D eigenvalue weighted by molar-refractivity contribution is 14.1. The highest BCUT2D eigenvalue weighted by atomic mass is 127. The molecule has 1 amide bonds. The number of hydrogen-bond acceptors (Lipinski definition) is 1. The summed E-state index contributed by atoms with van der Waals surface area (Å²) in [7, 11) is 0. The van der Waals surface area contributed by atoms with E-state index < -0.39 is 0 Å². The molecule has 0 aliphatic carbocycles. The molecule has 2 aromatic rings. The lowest BCUT2D eigenvalue weighted by molar-refractivity contribution is 0.0727. The molecule has 2 nitrogen and oxygen atoms in total. The Balaban J connectivity index is 1.90. The van der Waals surface area contributed by atoms with E-state index in [4.69, 9.17) is 23.2 Å². The first-order chi connectivity index (χ1) is 10.1. The van der Waals surface area contributed by atoms with Gasteiger partial charge in [0.1, 0.15) is 0 Å². The van der Waals surface area contributed by atoms with Crippen molar-refractivity contribution in [2.24, 2.45) is 0 Å². The minimum Gasteiger partial charge on any atom is -0.334 e. The van der Waals surface area contributed by atoms with Crippen LogP contribution >= 0.6 is 45.8 Å². The average molecular weight is 432 g/mol. The zero-order valence-corrected chi connectivity index (χ0v) is 14.7. The van der Waals surface area contributed by atoms with Gasteiger partial charge in [-0.25, -0.2) is 0 Å². The molecule has 0 saturated heterocycles. The summed E-state index contributed by atoms with van der Waals surface area (Å²) in [6, 6.07) is 11.4. The highest BCUT2D eigenvalue weighted by Gasteiger charge is 2.25. The summed E-state index contributed by atoms with van der Waals surface area (Å²) in [5, 5.41) is 1.20. The fourth-order valence-corrected chi connectivity index (χ4v) is 3.53. The number of rotatable bonds is 2. The van der Waals surface area contributed by atoms with Crippen LogP contribution in [0.1, 0.15) is 21.5 Å². The highest BCUT2D eigenvalue weighted by Crippen LogP contribution is 2.28. The summed E-state index contributed by atoms with van der Waals surface area (Å²) < 4.78 is 1.07. The average Bonchev–Trinajstić information content (AvgIpc) is 2.46. The summed E-state index contributed by atoms with van der Waals surface area (Å²) in [6.07, 6.45) is 0.861. The Morgan fingerprint density at radius 2 is 1.86 bits per heavy atom. The number of amides is 1. The van der Waals surface area contributed by atoms with Gasteiger partial charge in [-0.1, -0.05) is 35.3 Å². The Kier molecular flexibility index (Phi) is 4.43. The van der Waals surface area contributed by atoms with Crippen molar-refractivity contribution in [1.29, 1.82) is 0 Å². The molecule has 21 heavy (non-hydrogen) atoms. The predicted octanol–water partition coefficient (Wildman–Crippen LogP) is 4.80. The summed E-state index contributed by atoms with van der Waals surface area (Å²) >= 11 is 14.6. The second-order valence-corrected chi connectivity index (χ2v) is 7.04. The van der Waals surface area contributed by atoms with Crippen molar-refractivity contribution in [3.8, 4) is 0 Å². The zero-order chi connectivity index (χ0) is 15.0. The maximum Gasteiger partial charge on any atom is 0.254 e. The Morgan fingerprint density at radius 1 is 1.14 bits per heavy atom. The molecule has 3 rings (SSSR count). The maximum atomic E-state index is 12.6. The van der Waals surface area contributed by atoms with Crippen LogP contribution in [0.3, 0.4) is 0 Å². The lowest BCUT2D eigenvalue weighted by atomic mass is 9.98. The Morgan fingerprint density at radius 3 is 2.57 bits per heavy atom. The smallest absolute Gasteiger partial charge is 0.254 e. The van der Waals surface area contributed by atoms with Gasteiger partial charge in [-0.05, 0) is 58.8 Å². The van der Waals surface area contributed by atoms with Crippen molar-refractivity contribution in [2.45, 2.75) is 13.0 Å². The first-order valence-corrected chi connectivity index (χ1v) is 8.40. The van der Waals surface area contributed by atoms with E-state index in [1.54, 1.807) is 12.1 Å². The summed E-state index contributed by atoms with van der Waals surface area (Å²) in [6.45, 7) is 1.14. The number of nitrogens with zero attached hydrogens (tertiary/aromatic N) is 1. The van der Waals surface area contributed by atoms with Crippen LogP contribution in [0, 0.1) is 3.57 Å². The first-order valence-electron chi connectivity index (χ1n) is 6.57. The third kappa shape index (κ3) is 3.05. The number of hydrogen-bond donors (Lipinski definition) is 0.